The van der Waals surface area contributed by atoms with E-state index in [1.54, 1.807) is 4.57 Å². The van der Waals surface area contributed by atoms with Crippen LogP contribution in [0.3, 0.4) is 0 Å². The number of hydrogen-bond donors (Lipinski definition) is 0. The van der Waals surface area contributed by atoms with E-state index in [1.807, 2.05) is 38.1 Å². The van der Waals surface area contributed by atoms with Crippen molar-refractivity contribution in [3.05, 3.63) is 55.2 Å². The molecule has 18 heavy (non-hydrogen) atoms. The Morgan fingerprint density at radius 1 is 1.17 bits per heavy atom. The van der Waals surface area contributed by atoms with Gasteiger partial charge < -0.3 is 4.57 Å². The molecular weight excluding hydrogens is 358 g/mol. The molecule has 0 radical (unpaired) electrons. The van der Waals surface area contributed by atoms with E-state index in [1.165, 1.54) is 0 Å². The van der Waals surface area contributed by atoms with Gasteiger partial charge in [0.25, 0.3) is 5.56 Å². The quantitative estimate of drug-likeness (QED) is 0.769. The van der Waals surface area contributed by atoms with E-state index in [0.717, 1.165) is 21.3 Å². The molecule has 0 bridgehead atoms. The van der Waals surface area contributed by atoms with E-state index < -0.39 is 0 Å². The summed E-state index contributed by atoms with van der Waals surface area (Å²) < 4.78 is 3.43. The summed E-state index contributed by atoms with van der Waals surface area (Å²) in [6.45, 7) is 4.68. The third-order valence-electron chi connectivity index (χ3n) is 2.91. The molecule has 0 amide bonds. The van der Waals surface area contributed by atoms with Gasteiger partial charge >= 0.3 is 0 Å². The van der Waals surface area contributed by atoms with Crippen LogP contribution < -0.4 is 5.56 Å². The van der Waals surface area contributed by atoms with Crippen LogP contribution in [0.2, 0.25) is 0 Å². The molecule has 0 fully saturated rings. The van der Waals surface area contributed by atoms with Crippen molar-refractivity contribution in [1.29, 1.82) is 0 Å². The van der Waals surface area contributed by atoms with Crippen molar-refractivity contribution in [3.8, 4) is 11.3 Å². The van der Waals surface area contributed by atoms with Gasteiger partial charge in [0.15, 0.2) is 0 Å². The molecule has 0 unspecified atom stereocenters. The van der Waals surface area contributed by atoms with Crippen molar-refractivity contribution in [1.82, 2.24) is 4.57 Å². The van der Waals surface area contributed by atoms with Gasteiger partial charge in [0.05, 0.1) is 10.2 Å². The monoisotopic (exact) mass is 369 g/mol. The Bertz CT molecular complexity index is 647. The van der Waals surface area contributed by atoms with Crippen LogP contribution in [-0.4, -0.2) is 4.57 Å². The molecule has 0 aliphatic heterocycles. The summed E-state index contributed by atoms with van der Waals surface area (Å²) in [7, 11) is 0. The molecule has 2 aromatic rings. The lowest BCUT2D eigenvalue weighted by Crippen LogP contribution is -2.21. The number of hydrogen-bond acceptors (Lipinski definition) is 1. The minimum absolute atomic E-state index is 0.0114. The summed E-state index contributed by atoms with van der Waals surface area (Å²) in [5, 5.41) is 0. The Labute approximate surface area is 123 Å². The van der Waals surface area contributed by atoms with Crippen LogP contribution in [0.25, 0.3) is 11.3 Å². The number of aryl methyl sites for hydroxylation is 1. The van der Waals surface area contributed by atoms with E-state index >= 15 is 0 Å². The topological polar surface area (TPSA) is 22.0 Å². The third-order valence-corrected chi connectivity index (χ3v) is 4.01. The second kappa shape index (κ2) is 5.41. The summed E-state index contributed by atoms with van der Waals surface area (Å²) in [5.74, 6) is 0. The van der Waals surface area contributed by atoms with Gasteiger partial charge in [-0.15, -0.1) is 0 Å². The van der Waals surface area contributed by atoms with Crippen LogP contribution in [0, 0.1) is 6.92 Å². The third kappa shape index (κ3) is 2.45. The predicted octanol–water partition coefficient (Wildman–Crippen LogP) is 4.37. The van der Waals surface area contributed by atoms with Crippen LogP contribution in [0.4, 0.5) is 0 Å². The van der Waals surface area contributed by atoms with Crippen molar-refractivity contribution in [2.45, 2.75) is 20.4 Å². The van der Waals surface area contributed by atoms with Gasteiger partial charge in [-0.1, -0.05) is 22.0 Å². The van der Waals surface area contributed by atoms with E-state index in [2.05, 4.69) is 37.9 Å². The normalized spacial score (nSPS) is 10.7. The summed E-state index contributed by atoms with van der Waals surface area (Å²) in [6.07, 6.45) is 0. The van der Waals surface area contributed by atoms with Crippen LogP contribution in [-0.2, 0) is 6.54 Å². The van der Waals surface area contributed by atoms with E-state index in [4.69, 9.17) is 0 Å². The van der Waals surface area contributed by atoms with Crippen LogP contribution >= 0.6 is 31.9 Å². The summed E-state index contributed by atoms with van der Waals surface area (Å²) >= 11 is 6.74. The minimum Gasteiger partial charge on any atom is -0.308 e. The molecule has 0 aliphatic rings. The summed E-state index contributed by atoms with van der Waals surface area (Å²) in [5.41, 5.74) is 3.20. The Morgan fingerprint density at radius 2 is 1.89 bits per heavy atom. The lowest BCUT2D eigenvalue weighted by Gasteiger charge is -2.13. The van der Waals surface area contributed by atoms with Gasteiger partial charge in [0.2, 0.25) is 0 Å². The number of pyridine rings is 1. The van der Waals surface area contributed by atoms with Gasteiger partial charge in [-0.25, -0.2) is 0 Å². The fraction of sp³-hybridized carbons (Fsp3) is 0.214. The molecule has 0 spiro atoms. The number of nitrogens with zero attached hydrogens (tertiary/aromatic N) is 1. The molecule has 0 saturated heterocycles. The molecule has 0 saturated carbocycles. The molecule has 2 nitrogen and oxygen atoms in total. The molecule has 1 aromatic carbocycles. The smallest absolute Gasteiger partial charge is 0.265 e. The maximum absolute atomic E-state index is 12.1. The Hall–Kier alpha value is -0.870. The minimum atomic E-state index is 0.0114. The molecular formula is C14H13Br2NO. The number of halogens is 2. The van der Waals surface area contributed by atoms with Gasteiger partial charge in [0, 0.05) is 16.6 Å². The molecule has 0 N–H and O–H groups in total. The van der Waals surface area contributed by atoms with Crippen LogP contribution in [0.5, 0.6) is 0 Å². The van der Waals surface area contributed by atoms with Crippen molar-refractivity contribution >= 4 is 31.9 Å². The van der Waals surface area contributed by atoms with E-state index in [9.17, 15) is 4.79 Å². The highest BCUT2D eigenvalue weighted by Gasteiger charge is 2.09. The lowest BCUT2D eigenvalue weighted by molar-refractivity contribution is 0.731. The number of rotatable bonds is 2. The van der Waals surface area contributed by atoms with Crippen molar-refractivity contribution in [3.63, 3.8) is 0 Å². The Balaban J connectivity index is 2.71. The highest BCUT2D eigenvalue weighted by Crippen LogP contribution is 2.26. The zero-order valence-corrected chi connectivity index (χ0v) is 13.4. The SMILES string of the molecule is CCn1c(-c2ccc(Br)cc2C)ccc(Br)c1=O. The molecule has 0 aliphatic carbocycles. The first kappa shape index (κ1) is 13.6. The lowest BCUT2D eigenvalue weighted by atomic mass is 10.0. The van der Waals surface area contributed by atoms with Crippen LogP contribution in [0.1, 0.15) is 12.5 Å². The van der Waals surface area contributed by atoms with Crippen molar-refractivity contribution < 1.29 is 0 Å². The van der Waals surface area contributed by atoms with Gasteiger partial charge in [-0.05, 0) is 59.6 Å². The summed E-state index contributed by atoms with van der Waals surface area (Å²) in [6, 6.07) is 9.88. The van der Waals surface area contributed by atoms with E-state index in [-0.39, 0.29) is 5.56 Å². The first-order valence-corrected chi connectivity index (χ1v) is 7.29. The van der Waals surface area contributed by atoms with Gasteiger partial charge in [-0.2, -0.15) is 0 Å². The molecule has 1 aromatic heterocycles. The maximum Gasteiger partial charge on any atom is 0.265 e. The highest BCUT2D eigenvalue weighted by molar-refractivity contribution is 9.10. The maximum atomic E-state index is 12.1. The average Bonchev–Trinajstić information content (AvgIpc) is 2.33. The molecule has 2 rings (SSSR count). The largest absolute Gasteiger partial charge is 0.308 e. The fourth-order valence-corrected chi connectivity index (χ4v) is 2.84. The second-order valence-electron chi connectivity index (χ2n) is 4.08. The first-order chi connectivity index (χ1) is 8.54. The van der Waals surface area contributed by atoms with Gasteiger partial charge in [-0.3, -0.25) is 4.79 Å². The predicted molar refractivity (Wildman–Crippen MR) is 81.9 cm³/mol. The summed E-state index contributed by atoms with van der Waals surface area (Å²) in [4.78, 5) is 12.1. The molecule has 0 atom stereocenters. The molecule has 4 heteroatoms. The molecule has 1 heterocycles. The van der Waals surface area contributed by atoms with Crippen molar-refractivity contribution in [2.24, 2.45) is 0 Å². The Morgan fingerprint density at radius 3 is 2.50 bits per heavy atom. The standard InChI is InChI=1S/C14H13Br2NO/c1-3-17-13(7-6-12(16)14(17)18)11-5-4-10(15)8-9(11)2/h4-8H,3H2,1-2H3. The average molecular weight is 371 g/mol. The molecule has 94 valence electrons. The number of benzene rings is 1. The zero-order valence-electron chi connectivity index (χ0n) is 10.2. The highest BCUT2D eigenvalue weighted by atomic mass is 79.9. The second-order valence-corrected chi connectivity index (χ2v) is 5.85. The fourth-order valence-electron chi connectivity index (χ4n) is 2.02. The van der Waals surface area contributed by atoms with Crippen molar-refractivity contribution in [2.75, 3.05) is 0 Å². The first-order valence-electron chi connectivity index (χ1n) is 5.70. The van der Waals surface area contributed by atoms with E-state index in [0.29, 0.717) is 11.0 Å². The number of aromatic nitrogens is 1. The zero-order chi connectivity index (χ0) is 13.3. The van der Waals surface area contributed by atoms with Crippen LogP contribution in [0.15, 0.2) is 44.1 Å². The Kier molecular flexibility index (Phi) is 4.07. The van der Waals surface area contributed by atoms with Gasteiger partial charge in [0.1, 0.15) is 0 Å².